The molecular weight excluding hydrogens is 266 g/mol. The van der Waals surface area contributed by atoms with Crippen molar-refractivity contribution >= 4 is 0 Å². The van der Waals surface area contributed by atoms with Crippen LogP contribution < -0.4 is 14.8 Å². The standard InChI is InChI=1S/C17H29NO3/c1-3-4-5-6-7-13-21-17-15(14-18-11-12-19)9-8-10-16(17)20-2/h8-10,18-19H,3-7,11-14H2,1-2H3. The van der Waals surface area contributed by atoms with Crippen LogP contribution >= 0.6 is 0 Å². The lowest BCUT2D eigenvalue weighted by Gasteiger charge is -2.15. The van der Waals surface area contributed by atoms with Crippen LogP contribution in [0.5, 0.6) is 11.5 Å². The normalized spacial score (nSPS) is 10.6. The maximum Gasteiger partial charge on any atom is 0.165 e. The van der Waals surface area contributed by atoms with Gasteiger partial charge in [-0.05, 0) is 12.5 Å². The molecule has 0 bridgehead atoms. The van der Waals surface area contributed by atoms with Crippen molar-refractivity contribution in [3.8, 4) is 11.5 Å². The minimum absolute atomic E-state index is 0.136. The molecule has 2 N–H and O–H groups in total. The molecule has 0 amide bonds. The van der Waals surface area contributed by atoms with Gasteiger partial charge in [-0.25, -0.2) is 0 Å². The van der Waals surface area contributed by atoms with E-state index in [0.717, 1.165) is 30.1 Å². The number of benzene rings is 1. The molecule has 4 nitrogen and oxygen atoms in total. The number of hydrogen-bond donors (Lipinski definition) is 2. The summed E-state index contributed by atoms with van der Waals surface area (Å²) in [6, 6.07) is 5.91. The topological polar surface area (TPSA) is 50.7 Å². The molecule has 1 rings (SSSR count). The summed E-state index contributed by atoms with van der Waals surface area (Å²) >= 11 is 0. The van der Waals surface area contributed by atoms with Gasteiger partial charge < -0.3 is 19.9 Å². The maximum absolute atomic E-state index is 8.84. The first-order chi connectivity index (χ1) is 10.3. The fourth-order valence-corrected chi connectivity index (χ4v) is 2.21. The second-order valence-corrected chi connectivity index (χ2v) is 5.11. The molecule has 0 aliphatic carbocycles. The minimum atomic E-state index is 0.136. The van der Waals surface area contributed by atoms with Crippen LogP contribution in [0.1, 0.15) is 44.6 Å². The van der Waals surface area contributed by atoms with Gasteiger partial charge >= 0.3 is 0 Å². The van der Waals surface area contributed by atoms with Crippen molar-refractivity contribution in [3.05, 3.63) is 23.8 Å². The van der Waals surface area contributed by atoms with Gasteiger partial charge in [0.15, 0.2) is 11.5 Å². The number of ether oxygens (including phenoxy) is 2. The predicted molar refractivity (Wildman–Crippen MR) is 86.0 cm³/mol. The number of para-hydroxylation sites is 1. The molecule has 0 unspecified atom stereocenters. The number of unbranched alkanes of at least 4 members (excludes halogenated alkanes) is 4. The van der Waals surface area contributed by atoms with E-state index in [1.54, 1.807) is 7.11 Å². The Labute approximate surface area is 128 Å². The minimum Gasteiger partial charge on any atom is -0.493 e. The monoisotopic (exact) mass is 295 g/mol. The Morgan fingerprint density at radius 3 is 2.67 bits per heavy atom. The summed E-state index contributed by atoms with van der Waals surface area (Å²) < 4.78 is 11.3. The van der Waals surface area contributed by atoms with Crippen molar-refractivity contribution in [2.45, 2.75) is 45.6 Å². The Balaban J connectivity index is 2.51. The highest BCUT2D eigenvalue weighted by Gasteiger charge is 2.10. The fraction of sp³-hybridized carbons (Fsp3) is 0.647. The molecule has 0 saturated carbocycles. The summed E-state index contributed by atoms with van der Waals surface area (Å²) in [5.41, 5.74) is 1.07. The van der Waals surface area contributed by atoms with Crippen molar-refractivity contribution in [1.29, 1.82) is 0 Å². The molecule has 0 saturated heterocycles. The highest BCUT2D eigenvalue weighted by atomic mass is 16.5. The third-order valence-electron chi connectivity index (χ3n) is 3.38. The number of nitrogens with one attached hydrogen (secondary N) is 1. The SMILES string of the molecule is CCCCCCCOc1c(CNCCO)cccc1OC. The van der Waals surface area contributed by atoms with Gasteiger partial charge in [-0.3, -0.25) is 0 Å². The van der Waals surface area contributed by atoms with Gasteiger partial charge in [-0.1, -0.05) is 44.7 Å². The van der Waals surface area contributed by atoms with Gasteiger partial charge in [0.25, 0.3) is 0 Å². The van der Waals surface area contributed by atoms with E-state index >= 15 is 0 Å². The van der Waals surface area contributed by atoms with Crippen LogP contribution in [0.3, 0.4) is 0 Å². The Hall–Kier alpha value is -1.26. The summed E-state index contributed by atoms with van der Waals surface area (Å²) in [5.74, 6) is 1.59. The van der Waals surface area contributed by atoms with Crippen LogP contribution in [0.25, 0.3) is 0 Å². The van der Waals surface area contributed by atoms with Crippen molar-refractivity contribution in [1.82, 2.24) is 5.32 Å². The van der Waals surface area contributed by atoms with Gasteiger partial charge in [-0.2, -0.15) is 0 Å². The summed E-state index contributed by atoms with van der Waals surface area (Å²) in [7, 11) is 1.66. The van der Waals surface area contributed by atoms with E-state index in [1.807, 2.05) is 18.2 Å². The van der Waals surface area contributed by atoms with E-state index < -0.39 is 0 Å². The Morgan fingerprint density at radius 1 is 1.14 bits per heavy atom. The number of aliphatic hydroxyl groups excluding tert-OH is 1. The van der Waals surface area contributed by atoms with Crippen LogP contribution in [0.15, 0.2) is 18.2 Å². The van der Waals surface area contributed by atoms with Crippen molar-refractivity contribution in [3.63, 3.8) is 0 Å². The summed E-state index contributed by atoms with van der Waals surface area (Å²) in [5, 5.41) is 12.0. The summed E-state index contributed by atoms with van der Waals surface area (Å²) in [6.07, 6.45) is 6.11. The molecule has 21 heavy (non-hydrogen) atoms. The van der Waals surface area contributed by atoms with Gasteiger partial charge in [0, 0.05) is 18.7 Å². The van der Waals surface area contributed by atoms with Crippen LogP contribution in [-0.2, 0) is 6.54 Å². The molecular formula is C17H29NO3. The van der Waals surface area contributed by atoms with E-state index in [4.69, 9.17) is 14.6 Å². The van der Waals surface area contributed by atoms with E-state index in [9.17, 15) is 0 Å². The summed E-state index contributed by atoms with van der Waals surface area (Å²) in [4.78, 5) is 0. The molecule has 0 atom stereocenters. The van der Waals surface area contributed by atoms with Crippen LogP contribution in [0, 0.1) is 0 Å². The molecule has 120 valence electrons. The molecule has 0 heterocycles. The first kappa shape index (κ1) is 17.8. The lowest BCUT2D eigenvalue weighted by Crippen LogP contribution is -2.18. The Bertz CT molecular complexity index is 382. The van der Waals surface area contributed by atoms with Gasteiger partial charge in [-0.15, -0.1) is 0 Å². The number of rotatable bonds is 12. The summed E-state index contributed by atoms with van der Waals surface area (Å²) in [6.45, 7) is 4.32. The van der Waals surface area contributed by atoms with Gasteiger partial charge in [0.2, 0.25) is 0 Å². The molecule has 0 aliphatic rings. The van der Waals surface area contributed by atoms with Crippen LogP contribution in [0.4, 0.5) is 0 Å². The lowest BCUT2D eigenvalue weighted by molar-refractivity contribution is 0.278. The largest absolute Gasteiger partial charge is 0.493 e. The van der Waals surface area contributed by atoms with Gasteiger partial charge in [0.05, 0.1) is 20.3 Å². The number of aliphatic hydroxyl groups is 1. The number of hydrogen-bond acceptors (Lipinski definition) is 4. The molecule has 0 spiro atoms. The molecule has 0 aromatic heterocycles. The van der Waals surface area contributed by atoms with Gasteiger partial charge in [0.1, 0.15) is 0 Å². The van der Waals surface area contributed by atoms with E-state index in [1.165, 1.54) is 25.7 Å². The van der Waals surface area contributed by atoms with Crippen LogP contribution in [-0.4, -0.2) is 32.0 Å². The Morgan fingerprint density at radius 2 is 1.95 bits per heavy atom. The molecule has 0 aliphatic heterocycles. The smallest absolute Gasteiger partial charge is 0.165 e. The molecule has 1 aromatic carbocycles. The zero-order valence-corrected chi connectivity index (χ0v) is 13.4. The third-order valence-corrected chi connectivity index (χ3v) is 3.38. The average Bonchev–Trinajstić information content (AvgIpc) is 2.51. The first-order valence-electron chi connectivity index (χ1n) is 7.93. The quantitative estimate of drug-likeness (QED) is 0.582. The maximum atomic E-state index is 8.84. The van der Waals surface area contributed by atoms with Crippen molar-refractivity contribution in [2.75, 3.05) is 26.9 Å². The van der Waals surface area contributed by atoms with E-state index in [2.05, 4.69) is 12.2 Å². The van der Waals surface area contributed by atoms with E-state index in [-0.39, 0.29) is 6.61 Å². The molecule has 1 aromatic rings. The second kappa shape index (κ2) is 11.4. The zero-order valence-electron chi connectivity index (χ0n) is 13.4. The molecule has 0 radical (unpaired) electrons. The first-order valence-corrected chi connectivity index (χ1v) is 7.93. The van der Waals surface area contributed by atoms with Crippen molar-refractivity contribution in [2.24, 2.45) is 0 Å². The predicted octanol–water partition coefficient (Wildman–Crippen LogP) is 3.13. The lowest BCUT2D eigenvalue weighted by atomic mass is 10.1. The highest BCUT2D eigenvalue weighted by molar-refractivity contribution is 5.46. The average molecular weight is 295 g/mol. The second-order valence-electron chi connectivity index (χ2n) is 5.11. The fourth-order valence-electron chi connectivity index (χ4n) is 2.21. The molecule has 4 heteroatoms. The van der Waals surface area contributed by atoms with Crippen LogP contribution in [0.2, 0.25) is 0 Å². The Kier molecular flexibility index (Phi) is 9.66. The van der Waals surface area contributed by atoms with Crippen molar-refractivity contribution < 1.29 is 14.6 Å². The zero-order chi connectivity index (χ0) is 15.3. The molecule has 0 fully saturated rings. The highest BCUT2D eigenvalue weighted by Crippen LogP contribution is 2.31. The number of methoxy groups -OCH3 is 1. The third kappa shape index (κ3) is 6.82. The van der Waals surface area contributed by atoms with E-state index in [0.29, 0.717) is 13.1 Å².